The van der Waals surface area contributed by atoms with Gasteiger partial charge in [0, 0.05) is 54.1 Å². The maximum Gasteiger partial charge on any atom is 0.211 e. The highest BCUT2D eigenvalue weighted by Gasteiger charge is 2.24. The third-order valence-electron chi connectivity index (χ3n) is 4.24. The van der Waals surface area contributed by atoms with Gasteiger partial charge in [-0.2, -0.15) is 4.31 Å². The lowest BCUT2D eigenvalue weighted by Crippen LogP contribution is -2.47. The minimum absolute atomic E-state index is 0.246. The van der Waals surface area contributed by atoms with Crippen molar-refractivity contribution in [3.05, 3.63) is 40.9 Å². The van der Waals surface area contributed by atoms with E-state index in [1.807, 2.05) is 24.3 Å². The molecule has 23 heavy (non-hydrogen) atoms. The van der Waals surface area contributed by atoms with Crippen LogP contribution in [-0.4, -0.2) is 55.2 Å². The first-order valence-electron chi connectivity index (χ1n) is 7.43. The average molecular weight is 355 g/mol. The zero-order valence-electron chi connectivity index (χ0n) is 12.9. The van der Waals surface area contributed by atoms with Gasteiger partial charge in [-0.1, -0.05) is 35.9 Å². The summed E-state index contributed by atoms with van der Waals surface area (Å²) in [5.74, 6) is 0.246. The van der Waals surface area contributed by atoms with Crippen LogP contribution in [0.4, 0.5) is 0 Å². The number of hydrogen-bond donors (Lipinski definition) is 1. The smallest absolute Gasteiger partial charge is 0.211 e. The van der Waals surface area contributed by atoms with Gasteiger partial charge in [0.25, 0.3) is 0 Å². The van der Waals surface area contributed by atoms with Crippen LogP contribution < -0.4 is 0 Å². The van der Waals surface area contributed by atoms with Crippen molar-refractivity contribution in [2.24, 2.45) is 0 Å². The van der Waals surface area contributed by atoms with Gasteiger partial charge in [0.05, 0.1) is 6.26 Å². The zero-order chi connectivity index (χ0) is 16.6. The number of fused-ring (bicyclic) bond motifs is 1. The van der Waals surface area contributed by atoms with E-state index in [1.54, 1.807) is 6.07 Å². The van der Waals surface area contributed by atoms with Crippen molar-refractivity contribution in [3.8, 4) is 5.75 Å². The van der Waals surface area contributed by atoms with Gasteiger partial charge in [0.1, 0.15) is 5.75 Å². The molecule has 3 rings (SSSR count). The van der Waals surface area contributed by atoms with Crippen LogP contribution >= 0.6 is 11.6 Å². The first-order chi connectivity index (χ1) is 10.9. The Morgan fingerprint density at radius 2 is 1.74 bits per heavy atom. The molecule has 2 aromatic carbocycles. The molecule has 0 unspecified atom stereocenters. The number of nitrogens with zero attached hydrogens (tertiary/aromatic N) is 2. The van der Waals surface area contributed by atoms with Crippen molar-refractivity contribution >= 4 is 32.4 Å². The van der Waals surface area contributed by atoms with Crippen LogP contribution in [-0.2, 0) is 16.6 Å². The fraction of sp³-hybridized carbons (Fsp3) is 0.375. The second-order valence-electron chi connectivity index (χ2n) is 5.85. The molecule has 1 saturated heterocycles. The van der Waals surface area contributed by atoms with Gasteiger partial charge in [-0.3, -0.25) is 4.90 Å². The van der Waals surface area contributed by atoms with E-state index in [0.29, 0.717) is 37.7 Å². The molecule has 0 amide bonds. The standard InChI is InChI=1S/C16H19ClN2O3S/c1-23(21,22)19-8-6-18(7-9-19)11-12-10-15(17)13-4-2-3-5-14(13)16(12)20/h2-5,10,20H,6-9,11H2,1H3. The molecule has 0 radical (unpaired) electrons. The predicted octanol–water partition coefficient (Wildman–Crippen LogP) is 2.28. The summed E-state index contributed by atoms with van der Waals surface area (Å²) in [5.41, 5.74) is 0.765. The fourth-order valence-electron chi connectivity index (χ4n) is 2.95. The molecule has 124 valence electrons. The second-order valence-corrected chi connectivity index (χ2v) is 8.24. The lowest BCUT2D eigenvalue weighted by molar-refractivity contribution is 0.181. The summed E-state index contributed by atoms with van der Waals surface area (Å²) < 4.78 is 24.6. The third kappa shape index (κ3) is 3.45. The van der Waals surface area contributed by atoms with Gasteiger partial charge in [0.15, 0.2) is 0 Å². The van der Waals surface area contributed by atoms with Crippen molar-refractivity contribution < 1.29 is 13.5 Å². The molecular formula is C16H19ClN2O3S. The largest absolute Gasteiger partial charge is 0.507 e. The SMILES string of the molecule is CS(=O)(=O)N1CCN(Cc2cc(Cl)c3ccccc3c2O)CC1. The Balaban J connectivity index is 1.79. The van der Waals surface area contributed by atoms with Crippen LogP contribution in [0.15, 0.2) is 30.3 Å². The van der Waals surface area contributed by atoms with Gasteiger partial charge >= 0.3 is 0 Å². The summed E-state index contributed by atoms with van der Waals surface area (Å²) >= 11 is 6.32. The average Bonchev–Trinajstić information content (AvgIpc) is 2.52. The van der Waals surface area contributed by atoms with Crippen LogP contribution in [0.2, 0.25) is 5.02 Å². The van der Waals surface area contributed by atoms with E-state index in [-0.39, 0.29) is 5.75 Å². The molecule has 0 atom stereocenters. The molecule has 1 aliphatic heterocycles. The van der Waals surface area contributed by atoms with Crippen molar-refractivity contribution in [1.82, 2.24) is 9.21 Å². The normalized spacial score (nSPS) is 17.7. The van der Waals surface area contributed by atoms with Crippen molar-refractivity contribution in [2.75, 3.05) is 32.4 Å². The summed E-state index contributed by atoms with van der Waals surface area (Å²) in [7, 11) is -3.13. The number of phenols is 1. The number of halogens is 1. The van der Waals surface area contributed by atoms with Crippen molar-refractivity contribution in [3.63, 3.8) is 0 Å². The lowest BCUT2D eigenvalue weighted by atomic mass is 10.0. The maximum atomic E-state index is 11.5. The van der Waals surface area contributed by atoms with Crippen LogP contribution in [0.25, 0.3) is 10.8 Å². The first kappa shape index (κ1) is 16.5. The Kier molecular flexibility index (Phi) is 4.51. The van der Waals surface area contributed by atoms with Gasteiger partial charge < -0.3 is 5.11 Å². The van der Waals surface area contributed by atoms with Crippen LogP contribution in [0.3, 0.4) is 0 Å². The topological polar surface area (TPSA) is 60.9 Å². The summed E-state index contributed by atoms with van der Waals surface area (Å²) in [5, 5.41) is 12.7. The summed E-state index contributed by atoms with van der Waals surface area (Å²) in [6, 6.07) is 9.28. The highest BCUT2D eigenvalue weighted by atomic mass is 35.5. The molecule has 0 bridgehead atoms. The van der Waals surface area contributed by atoms with E-state index in [0.717, 1.165) is 16.3 Å². The van der Waals surface area contributed by atoms with Crippen molar-refractivity contribution in [1.29, 1.82) is 0 Å². The molecule has 0 saturated carbocycles. The van der Waals surface area contributed by atoms with E-state index < -0.39 is 10.0 Å². The van der Waals surface area contributed by atoms with Gasteiger partial charge in [0.2, 0.25) is 10.0 Å². The summed E-state index contributed by atoms with van der Waals surface area (Å²) in [4.78, 5) is 2.13. The number of aromatic hydroxyl groups is 1. The molecule has 0 aliphatic carbocycles. The molecule has 0 spiro atoms. The molecule has 1 aliphatic rings. The Bertz CT molecular complexity index is 831. The predicted molar refractivity (Wildman–Crippen MR) is 92.3 cm³/mol. The number of piperazine rings is 1. The first-order valence-corrected chi connectivity index (χ1v) is 9.65. The monoisotopic (exact) mass is 354 g/mol. The van der Waals surface area contributed by atoms with E-state index in [2.05, 4.69) is 4.90 Å². The van der Waals surface area contributed by atoms with E-state index in [9.17, 15) is 13.5 Å². The molecule has 1 fully saturated rings. The molecule has 5 nitrogen and oxygen atoms in total. The Morgan fingerprint density at radius 3 is 2.35 bits per heavy atom. The van der Waals surface area contributed by atoms with E-state index in [4.69, 9.17) is 11.6 Å². The van der Waals surface area contributed by atoms with Gasteiger partial charge in [-0.15, -0.1) is 0 Å². The number of benzene rings is 2. The molecule has 0 aromatic heterocycles. The van der Waals surface area contributed by atoms with E-state index >= 15 is 0 Å². The molecule has 2 aromatic rings. The minimum atomic E-state index is -3.13. The summed E-state index contributed by atoms with van der Waals surface area (Å²) in [6.45, 7) is 2.77. The quantitative estimate of drug-likeness (QED) is 0.918. The molecule has 7 heteroatoms. The zero-order valence-corrected chi connectivity index (χ0v) is 14.4. The second kappa shape index (κ2) is 6.28. The summed E-state index contributed by atoms with van der Waals surface area (Å²) in [6.07, 6.45) is 1.23. The lowest BCUT2D eigenvalue weighted by Gasteiger charge is -2.33. The van der Waals surface area contributed by atoms with Crippen LogP contribution in [0, 0.1) is 0 Å². The Hall–Kier alpha value is -1.34. The van der Waals surface area contributed by atoms with Crippen LogP contribution in [0.5, 0.6) is 5.75 Å². The van der Waals surface area contributed by atoms with Gasteiger partial charge in [-0.05, 0) is 6.07 Å². The van der Waals surface area contributed by atoms with E-state index in [1.165, 1.54) is 10.6 Å². The van der Waals surface area contributed by atoms with Crippen molar-refractivity contribution in [2.45, 2.75) is 6.54 Å². The number of phenolic OH excluding ortho intramolecular Hbond substituents is 1. The Morgan fingerprint density at radius 1 is 1.13 bits per heavy atom. The highest BCUT2D eigenvalue weighted by molar-refractivity contribution is 7.88. The molecule has 1 N–H and O–H groups in total. The number of hydrogen-bond acceptors (Lipinski definition) is 4. The highest BCUT2D eigenvalue weighted by Crippen LogP contribution is 2.35. The molecular weight excluding hydrogens is 336 g/mol. The Labute approximate surface area is 141 Å². The van der Waals surface area contributed by atoms with Crippen LogP contribution in [0.1, 0.15) is 5.56 Å². The van der Waals surface area contributed by atoms with Gasteiger partial charge in [-0.25, -0.2) is 8.42 Å². The maximum absolute atomic E-state index is 11.5. The number of rotatable bonds is 3. The molecule has 1 heterocycles. The third-order valence-corrected chi connectivity index (χ3v) is 5.85. The minimum Gasteiger partial charge on any atom is -0.507 e. The number of sulfonamides is 1. The fourth-order valence-corrected chi connectivity index (χ4v) is 4.07.